The highest BCUT2D eigenvalue weighted by atomic mass is 16.5. The van der Waals surface area contributed by atoms with Gasteiger partial charge in [0, 0.05) is 50.3 Å². The Labute approximate surface area is 377 Å². The minimum atomic E-state index is -1.30. The van der Waals surface area contributed by atoms with Crippen LogP contribution in [0.3, 0.4) is 0 Å². The van der Waals surface area contributed by atoms with Crippen LogP contribution in [-0.4, -0.2) is 88.3 Å². The third-order valence-electron chi connectivity index (χ3n) is 15.5. The highest BCUT2D eigenvalue weighted by Crippen LogP contribution is 2.47. The first-order chi connectivity index (χ1) is 30.9. The van der Waals surface area contributed by atoms with Crippen LogP contribution in [0, 0.1) is 40.9 Å². The van der Waals surface area contributed by atoms with Gasteiger partial charge in [0.05, 0.1) is 31.2 Å². The van der Waals surface area contributed by atoms with Gasteiger partial charge in [-0.3, -0.25) is 9.59 Å². The summed E-state index contributed by atoms with van der Waals surface area (Å²) in [5, 5.41) is 65.9. The predicted molar refractivity (Wildman–Crippen MR) is 247 cm³/mol. The number of dihydropyridines is 1. The quantitative estimate of drug-likeness (QED) is 0.0880. The van der Waals surface area contributed by atoms with Crippen molar-refractivity contribution >= 4 is 22.3 Å². The molecule has 0 aromatic heterocycles. The lowest BCUT2D eigenvalue weighted by atomic mass is 9.63. The number of aliphatic hydroxyl groups is 4. The molecule has 11 nitrogen and oxygen atoms in total. The number of aryl methyl sites for hydroxylation is 1. The number of rotatable bonds is 14. The van der Waals surface area contributed by atoms with Gasteiger partial charge < -0.3 is 46.6 Å². The maximum absolute atomic E-state index is 14.4. The molecule has 2 saturated carbocycles. The Kier molecular flexibility index (Phi) is 14.5. The second-order valence-electron chi connectivity index (χ2n) is 19.5. The molecule has 5 aliphatic rings. The molecule has 9 N–H and O–H groups in total. The third-order valence-corrected chi connectivity index (χ3v) is 15.5. The molecule has 3 aromatic rings. The lowest BCUT2D eigenvalue weighted by Crippen LogP contribution is -2.50. The van der Waals surface area contributed by atoms with Gasteiger partial charge in [-0.2, -0.15) is 0 Å². The van der Waals surface area contributed by atoms with Gasteiger partial charge >= 0.3 is 0 Å². The molecule has 3 fully saturated rings. The number of phenolic OH excluding ortho intramolecular Hbond substituents is 1. The topological polar surface area (TPSA) is 195 Å². The molecular formula is C53H67N3O8. The van der Waals surface area contributed by atoms with Crippen molar-refractivity contribution in [2.24, 2.45) is 34.8 Å². The zero-order chi connectivity index (χ0) is 45.0. The van der Waals surface area contributed by atoms with E-state index in [-0.39, 0.29) is 61.0 Å². The number of allylic oxidation sites excluding steroid dienone is 2. The van der Waals surface area contributed by atoms with E-state index in [4.69, 9.17) is 10.5 Å². The van der Waals surface area contributed by atoms with Crippen LogP contribution >= 0.6 is 0 Å². The van der Waals surface area contributed by atoms with Crippen LogP contribution in [0.5, 0.6) is 11.5 Å². The molecule has 0 radical (unpaired) electrons. The van der Waals surface area contributed by atoms with Crippen molar-refractivity contribution < 1.29 is 39.9 Å². The lowest BCUT2D eigenvalue weighted by Gasteiger charge is -2.44. The monoisotopic (exact) mass is 873 g/mol. The number of Topliss-reactive ketones (excluding diaryl/α,β-unsaturated/α-hetero) is 2. The maximum atomic E-state index is 14.4. The molecule has 1 spiro atoms. The van der Waals surface area contributed by atoms with E-state index in [1.807, 2.05) is 18.2 Å². The number of aliphatic hydroxyl groups excluding tert-OH is 4. The first kappa shape index (κ1) is 45.9. The molecule has 1 saturated heterocycles. The Bertz CT molecular complexity index is 2300. The standard InChI is InChI=1S/C53H67N3O8/c1-64-49-26-37-11-13-50(62)53(17-14-32(22-51(53)63)21-34(7-4-20-57)41-24-40-10-12-42(58)28-45(40)56-31-41)18-15-38(44(37)30-48(49)61)25-46(59)47(60)29-43(39-16-19-55-52(54)27-39)36-9-8-33-5-2-3-6-35(33)23-36/h2-3,5-6,8-9,16,23,26-27,30,32,34,38,40-41,43,45-47,51,55-57,59-61,63H,4,7,10-14,17,19-22,24-25,28-29,31,54H2,1H3. The van der Waals surface area contributed by atoms with Crippen molar-refractivity contribution in [3.63, 3.8) is 0 Å². The first-order valence-electron chi connectivity index (χ1n) is 23.7. The third kappa shape index (κ3) is 10.1. The largest absolute Gasteiger partial charge is 0.504 e. The lowest BCUT2D eigenvalue weighted by molar-refractivity contribution is -0.134. The van der Waals surface area contributed by atoms with Gasteiger partial charge in [0.1, 0.15) is 11.2 Å². The summed E-state index contributed by atoms with van der Waals surface area (Å²) < 4.78 is 5.49. The summed E-state index contributed by atoms with van der Waals surface area (Å²) in [5.41, 5.74) is 8.29. The molecule has 11 unspecified atom stereocenters. The Morgan fingerprint density at radius 3 is 2.59 bits per heavy atom. The number of hydrogen-bond acceptors (Lipinski definition) is 11. The average Bonchev–Trinajstić information content (AvgIpc) is 3.34. The minimum absolute atomic E-state index is 0.0247. The second kappa shape index (κ2) is 20.2. The average molecular weight is 874 g/mol. The van der Waals surface area contributed by atoms with Gasteiger partial charge in [-0.1, -0.05) is 60.4 Å². The summed E-state index contributed by atoms with van der Waals surface area (Å²) >= 11 is 0. The number of hydrogen-bond donors (Lipinski definition) is 8. The smallest absolute Gasteiger partial charge is 0.160 e. The van der Waals surface area contributed by atoms with Crippen LogP contribution < -0.4 is 21.1 Å². The molecule has 11 atom stereocenters. The van der Waals surface area contributed by atoms with Crippen molar-refractivity contribution in [3.8, 4) is 23.3 Å². The van der Waals surface area contributed by atoms with Crippen LogP contribution in [0.2, 0.25) is 0 Å². The van der Waals surface area contributed by atoms with Crippen LogP contribution in [-0.2, 0) is 16.0 Å². The maximum Gasteiger partial charge on any atom is 0.160 e. The number of carbonyl (C=O) groups excluding carboxylic acids is 2. The van der Waals surface area contributed by atoms with Crippen LogP contribution in [0.15, 0.2) is 78.1 Å². The van der Waals surface area contributed by atoms with Gasteiger partial charge in [-0.15, -0.1) is 0 Å². The van der Waals surface area contributed by atoms with E-state index in [0.29, 0.717) is 80.0 Å². The summed E-state index contributed by atoms with van der Waals surface area (Å²) in [4.78, 5) is 26.6. The molecule has 0 bridgehead atoms. The number of nitrogens with one attached hydrogen (secondary N) is 2. The Balaban J connectivity index is 1.03. The summed E-state index contributed by atoms with van der Waals surface area (Å²) in [6.07, 6.45) is 8.55. The van der Waals surface area contributed by atoms with Gasteiger partial charge in [0.2, 0.25) is 0 Å². The zero-order valence-electron chi connectivity index (χ0n) is 37.2. The fraction of sp³-hybridized carbons (Fsp3) is 0.547. The highest BCUT2D eigenvalue weighted by molar-refractivity contribution is 5.89. The number of nitrogens with two attached hydrogens (primary N) is 1. The molecule has 64 heavy (non-hydrogen) atoms. The van der Waals surface area contributed by atoms with Gasteiger partial charge in [0.25, 0.3) is 0 Å². The van der Waals surface area contributed by atoms with E-state index >= 15 is 0 Å². The van der Waals surface area contributed by atoms with Crippen molar-refractivity contribution in [1.29, 1.82) is 0 Å². The van der Waals surface area contributed by atoms with Crippen molar-refractivity contribution in [3.05, 3.63) is 94.8 Å². The molecule has 0 amide bonds. The van der Waals surface area contributed by atoms with Gasteiger partial charge in [-0.25, -0.2) is 0 Å². The highest BCUT2D eigenvalue weighted by Gasteiger charge is 2.48. The molecule has 3 aliphatic carbocycles. The number of piperidine rings is 1. The molecular weight excluding hydrogens is 807 g/mol. The molecule has 342 valence electrons. The number of ether oxygens (including phenoxy) is 1. The number of ketones is 2. The SMILES string of the molecule is COc1cc2c(cc1O)C(CC(O)C(O)CC(C1=CCNC(N)=C1)c1ccc3ccccc3c1)C#CC1(CCC(CC(CCCO)C3CNC4CC(=O)CCC4C3)CC1O)C(=O)CC2. The number of carbonyl (C=O) groups is 2. The molecule has 2 heterocycles. The minimum Gasteiger partial charge on any atom is -0.504 e. The van der Waals surface area contributed by atoms with E-state index in [1.165, 1.54) is 7.11 Å². The Hall–Kier alpha value is -4.70. The molecule has 8 rings (SSSR count). The van der Waals surface area contributed by atoms with E-state index in [9.17, 15) is 35.1 Å². The van der Waals surface area contributed by atoms with Crippen molar-refractivity contribution in [1.82, 2.24) is 10.6 Å². The number of aromatic hydroxyl groups is 1. The van der Waals surface area contributed by atoms with E-state index in [1.54, 1.807) is 12.1 Å². The summed E-state index contributed by atoms with van der Waals surface area (Å²) in [6, 6.07) is 18.0. The first-order valence-corrected chi connectivity index (χ1v) is 23.7. The van der Waals surface area contributed by atoms with Gasteiger partial charge in [0.15, 0.2) is 17.3 Å². The molecule has 11 heteroatoms. The number of benzene rings is 3. The summed E-state index contributed by atoms with van der Waals surface area (Å²) in [5.74, 6) is 8.13. The van der Waals surface area contributed by atoms with Crippen molar-refractivity contribution in [2.45, 2.75) is 126 Å². The van der Waals surface area contributed by atoms with Crippen molar-refractivity contribution in [2.75, 3.05) is 26.8 Å². The molecule has 2 aliphatic heterocycles. The summed E-state index contributed by atoms with van der Waals surface area (Å²) in [7, 11) is 1.48. The van der Waals surface area contributed by atoms with Crippen LogP contribution in [0.1, 0.15) is 112 Å². The normalized spacial score (nSPS) is 29.0. The van der Waals surface area contributed by atoms with E-state index < -0.39 is 29.6 Å². The van der Waals surface area contributed by atoms with Crippen LogP contribution in [0.25, 0.3) is 10.8 Å². The fourth-order valence-corrected chi connectivity index (χ4v) is 11.8. The summed E-state index contributed by atoms with van der Waals surface area (Å²) in [6.45, 7) is 1.52. The van der Waals surface area contributed by atoms with E-state index in [2.05, 4.69) is 58.9 Å². The fourth-order valence-electron chi connectivity index (χ4n) is 11.8. The zero-order valence-corrected chi connectivity index (χ0v) is 37.2. The van der Waals surface area contributed by atoms with Crippen LogP contribution in [0.4, 0.5) is 0 Å². The Morgan fingerprint density at radius 2 is 1.81 bits per heavy atom. The second-order valence-corrected chi connectivity index (χ2v) is 19.5. The predicted octanol–water partition coefficient (Wildman–Crippen LogP) is 6.05. The van der Waals surface area contributed by atoms with E-state index in [0.717, 1.165) is 66.1 Å². The number of methoxy groups -OCH3 is 1. The van der Waals surface area contributed by atoms with Gasteiger partial charge in [-0.05, 0) is 152 Å². The number of fused-ring (bicyclic) bond motifs is 3. The number of phenols is 1. The molecule has 3 aromatic carbocycles. The Morgan fingerprint density at radius 1 is 0.984 bits per heavy atom.